The van der Waals surface area contributed by atoms with E-state index in [1.807, 2.05) is 103 Å². The summed E-state index contributed by atoms with van der Waals surface area (Å²) in [6.45, 7) is 4.44. The largest absolute Gasteiger partial charge is 0.493 e. The van der Waals surface area contributed by atoms with Crippen molar-refractivity contribution in [3.8, 4) is 34.5 Å². The molecule has 1 aliphatic heterocycles. The van der Waals surface area contributed by atoms with Crippen molar-refractivity contribution in [2.45, 2.75) is 33.5 Å². The fourth-order valence-electron chi connectivity index (χ4n) is 5.00. The first kappa shape index (κ1) is 32.0. The third-order valence-electron chi connectivity index (χ3n) is 7.58. The predicted octanol–water partition coefficient (Wildman–Crippen LogP) is 8.04. The molecule has 7 rings (SSSR count). The third kappa shape index (κ3) is 7.47. The molecule has 0 fully saturated rings. The number of aromatic nitrogens is 4. The van der Waals surface area contributed by atoms with Crippen LogP contribution in [-0.4, -0.2) is 32.7 Å². The van der Waals surface area contributed by atoms with Crippen LogP contribution in [-0.2, 0) is 23.9 Å². The number of hydrogen-bond donors (Lipinski definition) is 1. The summed E-state index contributed by atoms with van der Waals surface area (Å²) in [5.41, 5.74) is 5.95. The third-order valence-corrected chi connectivity index (χ3v) is 9.02. The molecule has 13 heteroatoms. The number of oxime groups is 1. The molecular weight excluding hydrogens is 661 g/mol. The molecule has 0 atom stereocenters. The molecule has 3 aromatic heterocycles. The van der Waals surface area contributed by atoms with Gasteiger partial charge in [-0.1, -0.05) is 43.3 Å². The summed E-state index contributed by atoms with van der Waals surface area (Å²) >= 11 is 2.72. The number of hydrogen-bond acceptors (Lipinski definition) is 12. The van der Waals surface area contributed by atoms with Gasteiger partial charge in [0, 0.05) is 22.7 Å². The number of benzene rings is 3. The first-order valence-electron chi connectivity index (χ1n) is 15.5. The fourth-order valence-corrected chi connectivity index (χ4v) is 6.09. The van der Waals surface area contributed by atoms with Crippen molar-refractivity contribution in [3.05, 3.63) is 123 Å². The maximum absolute atomic E-state index is 6.27. The molecule has 0 spiro atoms. The van der Waals surface area contributed by atoms with E-state index in [1.54, 1.807) is 18.4 Å². The zero-order chi connectivity index (χ0) is 33.6. The number of rotatable bonds is 13. The summed E-state index contributed by atoms with van der Waals surface area (Å²) < 4.78 is 33.9. The highest BCUT2D eigenvalue weighted by atomic mass is 32.2. The number of oxazole rings is 1. The normalized spacial score (nSPS) is 12.5. The van der Waals surface area contributed by atoms with E-state index >= 15 is 0 Å². The van der Waals surface area contributed by atoms with Gasteiger partial charge in [0.15, 0.2) is 17.3 Å². The zero-order valence-electron chi connectivity index (χ0n) is 27.0. The van der Waals surface area contributed by atoms with Crippen LogP contribution < -0.4 is 18.9 Å². The van der Waals surface area contributed by atoms with Crippen molar-refractivity contribution < 1.29 is 22.9 Å². The highest BCUT2D eigenvalue weighted by Gasteiger charge is 2.17. The van der Waals surface area contributed by atoms with Crippen LogP contribution in [0.25, 0.3) is 29.3 Å². The van der Waals surface area contributed by atoms with E-state index in [9.17, 15) is 0 Å². The van der Waals surface area contributed by atoms with E-state index in [0.29, 0.717) is 40.6 Å². The van der Waals surface area contributed by atoms with Crippen LogP contribution >= 0.6 is 23.6 Å². The quantitative estimate of drug-likeness (QED) is 0.0941. The van der Waals surface area contributed by atoms with E-state index in [0.717, 1.165) is 57.3 Å². The van der Waals surface area contributed by atoms with Gasteiger partial charge in [0.2, 0.25) is 24.0 Å². The lowest BCUT2D eigenvalue weighted by atomic mass is 10.1. The van der Waals surface area contributed by atoms with Crippen molar-refractivity contribution in [2.75, 3.05) is 7.11 Å². The average molecular weight is 693 g/mol. The molecule has 0 aliphatic carbocycles. The van der Waals surface area contributed by atoms with Crippen molar-refractivity contribution >= 4 is 41.6 Å². The Bertz CT molecular complexity index is 2120. The molecule has 11 nitrogen and oxygen atoms in total. The Morgan fingerprint density at radius 1 is 0.918 bits per heavy atom. The number of ether oxygens (including phenoxy) is 3. The number of nitrogens with one attached hydrogen (secondary N) is 1. The van der Waals surface area contributed by atoms with Gasteiger partial charge in [-0.15, -0.1) is 16.4 Å². The second kappa shape index (κ2) is 14.7. The van der Waals surface area contributed by atoms with Crippen molar-refractivity contribution in [1.82, 2.24) is 24.5 Å². The average Bonchev–Trinajstić information content (AvgIpc) is 3.97. The molecule has 1 aliphatic rings. The molecule has 0 saturated heterocycles. The van der Waals surface area contributed by atoms with Gasteiger partial charge in [-0.2, -0.15) is 0 Å². The number of aryl methyl sites for hydroxylation is 2. The Morgan fingerprint density at radius 2 is 1.80 bits per heavy atom. The van der Waals surface area contributed by atoms with Gasteiger partial charge in [0.05, 0.1) is 29.1 Å². The van der Waals surface area contributed by atoms with Gasteiger partial charge in [-0.3, -0.25) is 9.01 Å². The van der Waals surface area contributed by atoms with Crippen LogP contribution in [0.15, 0.2) is 93.9 Å². The molecule has 0 bridgehead atoms. The lowest BCUT2D eigenvalue weighted by molar-refractivity contribution is 0.275. The second-order valence-corrected chi connectivity index (χ2v) is 12.4. The standard InChI is InChI=1S/C36H32N6O5S2/c1-4-33-37-28(22-48-33)15-14-27-19-42(29-11-6-5-7-12-29)39-36(27)45-20-24-13-16-31(32(17-24)43-3)44-21-30-23(2)46-35(38-30)26-10-8-9-25(18-26)34-40-47-49-41-34/h5-19,22H,4,20-21H2,1-3H3,(H,40,41)/b15-14+. The molecule has 0 unspecified atom stereocenters. The van der Waals surface area contributed by atoms with E-state index in [2.05, 4.69) is 27.2 Å². The molecule has 4 heterocycles. The van der Waals surface area contributed by atoms with Crippen LogP contribution in [0.3, 0.4) is 0 Å². The molecule has 1 N–H and O–H groups in total. The van der Waals surface area contributed by atoms with Gasteiger partial charge in [-0.25, -0.2) is 14.6 Å². The number of methoxy groups -OCH3 is 1. The van der Waals surface area contributed by atoms with Gasteiger partial charge < -0.3 is 18.6 Å². The lowest BCUT2D eigenvalue weighted by Crippen LogP contribution is -2.12. The molecule has 3 aromatic carbocycles. The van der Waals surface area contributed by atoms with Gasteiger partial charge >= 0.3 is 0 Å². The summed E-state index contributed by atoms with van der Waals surface area (Å²) in [6, 6.07) is 23.4. The molecule has 49 heavy (non-hydrogen) atoms. The van der Waals surface area contributed by atoms with Crippen molar-refractivity contribution in [2.24, 2.45) is 5.16 Å². The molecule has 0 amide bonds. The summed E-state index contributed by atoms with van der Waals surface area (Å²) in [4.78, 5) is 9.35. The molecule has 6 aromatic rings. The maximum Gasteiger partial charge on any atom is 0.240 e. The maximum atomic E-state index is 6.27. The Labute approximate surface area is 291 Å². The Kier molecular flexibility index (Phi) is 9.62. The van der Waals surface area contributed by atoms with Gasteiger partial charge in [-0.05, 0) is 72.6 Å². The SMILES string of the molecule is CCc1nc(/C=C/c2cn(-c3ccccc3)nc2OCc2ccc(OCc3nc(-c4cccc(C5=NOSN5)c4)oc3C)c(OC)c2)cs1. The van der Waals surface area contributed by atoms with Gasteiger partial charge in [0.25, 0.3) is 0 Å². The number of para-hydroxylation sites is 1. The van der Waals surface area contributed by atoms with Crippen LogP contribution in [0.5, 0.6) is 17.4 Å². The van der Waals surface area contributed by atoms with Gasteiger partial charge in [0.1, 0.15) is 24.7 Å². The minimum atomic E-state index is 0.200. The number of nitrogens with zero attached hydrogens (tertiary/aromatic N) is 5. The van der Waals surface area contributed by atoms with Crippen molar-refractivity contribution in [3.63, 3.8) is 0 Å². The smallest absolute Gasteiger partial charge is 0.240 e. The minimum Gasteiger partial charge on any atom is -0.493 e. The molecule has 0 radical (unpaired) electrons. The fraction of sp³-hybridized carbons (Fsp3) is 0.167. The molecular formula is C36H32N6O5S2. The molecule has 0 saturated carbocycles. The summed E-state index contributed by atoms with van der Waals surface area (Å²) in [5.74, 6) is 3.45. The number of amidine groups is 1. The monoisotopic (exact) mass is 692 g/mol. The van der Waals surface area contributed by atoms with E-state index in [4.69, 9.17) is 33.0 Å². The zero-order valence-corrected chi connectivity index (χ0v) is 28.6. The van der Waals surface area contributed by atoms with E-state index < -0.39 is 0 Å². The lowest BCUT2D eigenvalue weighted by Gasteiger charge is -2.12. The van der Waals surface area contributed by atoms with Crippen molar-refractivity contribution in [1.29, 1.82) is 0 Å². The summed E-state index contributed by atoms with van der Waals surface area (Å²) in [7, 11) is 1.61. The predicted molar refractivity (Wildman–Crippen MR) is 191 cm³/mol. The second-order valence-electron chi connectivity index (χ2n) is 10.9. The number of thiazole rings is 1. The van der Waals surface area contributed by atoms with Crippen LogP contribution in [0.2, 0.25) is 0 Å². The Morgan fingerprint density at radius 3 is 2.59 bits per heavy atom. The van der Waals surface area contributed by atoms with Crippen LogP contribution in [0, 0.1) is 6.92 Å². The minimum absolute atomic E-state index is 0.200. The first-order chi connectivity index (χ1) is 24.1. The molecule has 248 valence electrons. The topological polar surface area (TPSA) is 118 Å². The first-order valence-corrected chi connectivity index (χ1v) is 17.1. The summed E-state index contributed by atoms with van der Waals surface area (Å²) in [5, 5.41) is 11.9. The van der Waals surface area contributed by atoms with Crippen LogP contribution in [0.1, 0.15) is 45.8 Å². The van der Waals surface area contributed by atoms with E-state index in [1.165, 1.54) is 0 Å². The Balaban J connectivity index is 1.04. The Hall–Kier alpha value is -5.53. The van der Waals surface area contributed by atoms with Crippen LogP contribution in [0.4, 0.5) is 0 Å². The van der Waals surface area contributed by atoms with E-state index in [-0.39, 0.29) is 13.2 Å². The highest BCUT2D eigenvalue weighted by molar-refractivity contribution is 7.93. The highest BCUT2D eigenvalue weighted by Crippen LogP contribution is 2.31. The summed E-state index contributed by atoms with van der Waals surface area (Å²) in [6.07, 6.45) is 6.83.